The van der Waals surface area contributed by atoms with Crippen molar-refractivity contribution < 1.29 is 14.2 Å². The van der Waals surface area contributed by atoms with E-state index in [1.54, 1.807) is 14.2 Å². The Kier molecular flexibility index (Phi) is 5.00. The van der Waals surface area contributed by atoms with Crippen molar-refractivity contribution in [3.8, 4) is 17.2 Å². The lowest BCUT2D eigenvalue weighted by molar-refractivity contribution is 0.303. The molecule has 0 spiro atoms. The van der Waals surface area contributed by atoms with Crippen LogP contribution in [0.25, 0.3) is 0 Å². The second-order valence-corrected chi connectivity index (χ2v) is 4.81. The van der Waals surface area contributed by atoms with E-state index in [0.29, 0.717) is 23.1 Å². The van der Waals surface area contributed by atoms with Gasteiger partial charge in [-0.15, -0.1) is 0 Å². The van der Waals surface area contributed by atoms with Gasteiger partial charge in [0.15, 0.2) is 11.5 Å². The van der Waals surface area contributed by atoms with E-state index < -0.39 is 0 Å². The van der Waals surface area contributed by atoms with E-state index in [0.717, 1.165) is 16.9 Å². The maximum atomic E-state index is 5.74. The summed E-state index contributed by atoms with van der Waals surface area (Å²) in [5.74, 6) is 2.09. The molecular formula is C16H17NO3S. The third kappa shape index (κ3) is 3.86. The van der Waals surface area contributed by atoms with Crippen molar-refractivity contribution in [2.75, 3.05) is 14.2 Å². The molecule has 0 atom stereocenters. The largest absolute Gasteiger partial charge is 0.493 e. The zero-order valence-electron chi connectivity index (χ0n) is 12.0. The molecule has 110 valence electrons. The van der Waals surface area contributed by atoms with Gasteiger partial charge in [0, 0.05) is 5.56 Å². The number of benzene rings is 2. The number of hydrogen-bond donors (Lipinski definition) is 1. The number of nitrogens with two attached hydrogens (primary N) is 1. The number of methoxy groups -OCH3 is 2. The van der Waals surface area contributed by atoms with Crippen LogP contribution in [0.1, 0.15) is 11.1 Å². The Balaban J connectivity index is 2.09. The molecule has 2 rings (SSSR count). The SMILES string of the molecule is COc1ccc(COc2cccc(C(N)=S)c2)cc1OC. The van der Waals surface area contributed by atoms with Gasteiger partial charge in [-0.2, -0.15) is 0 Å². The van der Waals surface area contributed by atoms with Crippen molar-refractivity contribution in [1.29, 1.82) is 0 Å². The Morgan fingerprint density at radius 3 is 2.48 bits per heavy atom. The highest BCUT2D eigenvalue weighted by atomic mass is 32.1. The summed E-state index contributed by atoms with van der Waals surface area (Å²) in [5, 5.41) is 0. The van der Waals surface area contributed by atoms with Gasteiger partial charge in [-0.05, 0) is 29.8 Å². The van der Waals surface area contributed by atoms with Crippen molar-refractivity contribution in [3.63, 3.8) is 0 Å². The molecule has 0 saturated heterocycles. The fourth-order valence-electron chi connectivity index (χ4n) is 1.88. The van der Waals surface area contributed by atoms with E-state index in [-0.39, 0.29) is 0 Å². The lowest BCUT2D eigenvalue weighted by Gasteiger charge is -2.11. The fourth-order valence-corrected chi connectivity index (χ4v) is 2.00. The summed E-state index contributed by atoms with van der Waals surface area (Å²) in [6, 6.07) is 13.1. The fraction of sp³-hybridized carbons (Fsp3) is 0.188. The summed E-state index contributed by atoms with van der Waals surface area (Å²) in [6.45, 7) is 0.418. The second kappa shape index (κ2) is 6.95. The van der Waals surface area contributed by atoms with Crippen LogP contribution in [-0.4, -0.2) is 19.2 Å². The van der Waals surface area contributed by atoms with Crippen LogP contribution in [0.4, 0.5) is 0 Å². The normalized spacial score (nSPS) is 10.0. The summed E-state index contributed by atoms with van der Waals surface area (Å²) < 4.78 is 16.2. The molecule has 0 aromatic heterocycles. The first kappa shape index (κ1) is 15.1. The monoisotopic (exact) mass is 303 g/mol. The molecule has 0 amide bonds. The van der Waals surface area contributed by atoms with Crippen molar-refractivity contribution in [3.05, 3.63) is 53.6 Å². The molecule has 4 nitrogen and oxygen atoms in total. The van der Waals surface area contributed by atoms with Gasteiger partial charge in [0.25, 0.3) is 0 Å². The molecule has 0 bridgehead atoms. The van der Waals surface area contributed by atoms with Crippen LogP contribution in [0.5, 0.6) is 17.2 Å². The van der Waals surface area contributed by atoms with E-state index in [1.807, 2.05) is 42.5 Å². The Bertz CT molecular complexity index is 643. The van der Waals surface area contributed by atoms with E-state index in [4.69, 9.17) is 32.2 Å². The molecule has 0 radical (unpaired) electrons. The molecule has 2 aromatic rings. The first-order valence-corrected chi connectivity index (χ1v) is 6.78. The minimum atomic E-state index is 0.353. The smallest absolute Gasteiger partial charge is 0.161 e. The highest BCUT2D eigenvalue weighted by Crippen LogP contribution is 2.28. The molecule has 5 heteroatoms. The number of rotatable bonds is 6. The van der Waals surface area contributed by atoms with Gasteiger partial charge in [0.2, 0.25) is 0 Å². The zero-order chi connectivity index (χ0) is 15.2. The summed E-state index contributed by atoms with van der Waals surface area (Å²) >= 11 is 4.95. The molecule has 0 aliphatic carbocycles. The average Bonchev–Trinajstić information content (AvgIpc) is 2.52. The Hall–Kier alpha value is -2.27. The van der Waals surface area contributed by atoms with Gasteiger partial charge < -0.3 is 19.9 Å². The summed E-state index contributed by atoms with van der Waals surface area (Å²) in [4.78, 5) is 0.353. The molecule has 0 unspecified atom stereocenters. The molecule has 0 aliphatic rings. The van der Waals surface area contributed by atoms with Crippen LogP contribution in [0.2, 0.25) is 0 Å². The third-order valence-corrected chi connectivity index (χ3v) is 3.21. The Labute approximate surface area is 129 Å². The first-order valence-electron chi connectivity index (χ1n) is 6.37. The predicted octanol–water partition coefficient (Wildman–Crippen LogP) is 2.92. The van der Waals surface area contributed by atoms with Crippen molar-refractivity contribution in [2.24, 2.45) is 5.73 Å². The van der Waals surface area contributed by atoms with Gasteiger partial charge in [-0.1, -0.05) is 30.4 Å². The average molecular weight is 303 g/mol. The molecule has 0 saturated carbocycles. The van der Waals surface area contributed by atoms with Crippen LogP contribution < -0.4 is 19.9 Å². The highest BCUT2D eigenvalue weighted by Gasteiger charge is 2.05. The summed E-state index contributed by atoms with van der Waals surface area (Å²) in [5.41, 5.74) is 7.37. The molecule has 0 heterocycles. The van der Waals surface area contributed by atoms with Gasteiger partial charge in [0.05, 0.1) is 14.2 Å². The predicted molar refractivity (Wildman–Crippen MR) is 86.2 cm³/mol. The van der Waals surface area contributed by atoms with Gasteiger partial charge in [0.1, 0.15) is 17.3 Å². The third-order valence-electron chi connectivity index (χ3n) is 2.97. The lowest BCUT2D eigenvalue weighted by Crippen LogP contribution is -2.09. The zero-order valence-corrected chi connectivity index (χ0v) is 12.8. The van der Waals surface area contributed by atoms with Crippen LogP contribution in [-0.2, 0) is 6.61 Å². The standard InChI is InChI=1S/C16H17NO3S/c1-18-14-7-6-11(8-15(14)19-2)10-20-13-5-3-4-12(9-13)16(17)21/h3-9H,10H2,1-2H3,(H2,17,21). The van der Waals surface area contributed by atoms with Crippen molar-refractivity contribution in [2.45, 2.75) is 6.61 Å². The van der Waals surface area contributed by atoms with E-state index in [1.165, 1.54) is 0 Å². The molecule has 21 heavy (non-hydrogen) atoms. The number of ether oxygens (including phenoxy) is 3. The molecular weight excluding hydrogens is 286 g/mol. The van der Waals surface area contributed by atoms with E-state index in [9.17, 15) is 0 Å². The maximum absolute atomic E-state index is 5.74. The Morgan fingerprint density at radius 2 is 1.81 bits per heavy atom. The van der Waals surface area contributed by atoms with Crippen LogP contribution >= 0.6 is 12.2 Å². The summed E-state index contributed by atoms with van der Waals surface area (Å²) in [7, 11) is 3.21. The minimum Gasteiger partial charge on any atom is -0.493 e. The highest BCUT2D eigenvalue weighted by molar-refractivity contribution is 7.80. The van der Waals surface area contributed by atoms with Gasteiger partial charge in [-0.25, -0.2) is 0 Å². The van der Waals surface area contributed by atoms with Crippen molar-refractivity contribution >= 4 is 17.2 Å². The van der Waals surface area contributed by atoms with Crippen molar-refractivity contribution in [1.82, 2.24) is 0 Å². The Morgan fingerprint density at radius 1 is 1.05 bits per heavy atom. The molecule has 2 N–H and O–H groups in total. The number of hydrogen-bond acceptors (Lipinski definition) is 4. The molecule has 2 aromatic carbocycles. The first-order chi connectivity index (χ1) is 10.1. The number of thiocarbonyl (C=S) groups is 1. The lowest BCUT2D eigenvalue weighted by atomic mass is 10.2. The van der Waals surface area contributed by atoms with Crippen LogP contribution in [0.3, 0.4) is 0 Å². The van der Waals surface area contributed by atoms with E-state index in [2.05, 4.69) is 0 Å². The summed E-state index contributed by atoms with van der Waals surface area (Å²) in [6.07, 6.45) is 0. The maximum Gasteiger partial charge on any atom is 0.161 e. The molecule has 0 aliphatic heterocycles. The molecule has 0 fully saturated rings. The van der Waals surface area contributed by atoms with Crippen LogP contribution in [0, 0.1) is 0 Å². The second-order valence-electron chi connectivity index (χ2n) is 4.37. The topological polar surface area (TPSA) is 53.7 Å². The van der Waals surface area contributed by atoms with Gasteiger partial charge >= 0.3 is 0 Å². The van der Waals surface area contributed by atoms with E-state index >= 15 is 0 Å². The van der Waals surface area contributed by atoms with Crippen LogP contribution in [0.15, 0.2) is 42.5 Å². The quantitative estimate of drug-likeness (QED) is 0.832. The van der Waals surface area contributed by atoms with Gasteiger partial charge in [-0.3, -0.25) is 0 Å². The minimum absolute atomic E-state index is 0.353.